The molecule has 2 rings (SSSR count). The molecule has 1 aromatic carbocycles. The van der Waals surface area contributed by atoms with Crippen LogP contribution in [-0.4, -0.2) is 19.3 Å². The predicted octanol–water partition coefficient (Wildman–Crippen LogP) is 3.50. The van der Waals surface area contributed by atoms with Crippen molar-refractivity contribution in [3.63, 3.8) is 0 Å². The maximum atomic E-state index is 5.55. The number of ether oxygens (including phenoxy) is 1. The largest absolute Gasteiger partial charge is 0.380 e. The zero-order chi connectivity index (χ0) is 12.1. The van der Waals surface area contributed by atoms with Crippen LogP contribution in [0, 0.1) is 0 Å². The Hall–Kier alpha value is -0.380. The molecule has 0 spiro atoms. The fraction of sp³-hybridized carbons (Fsp3) is 0.571. The van der Waals surface area contributed by atoms with Gasteiger partial charge in [0.05, 0.1) is 6.10 Å². The normalized spacial score (nSPS) is 24.8. The molecule has 0 aromatic heterocycles. The lowest BCUT2D eigenvalue weighted by Crippen LogP contribution is -2.42. The third-order valence-electron chi connectivity index (χ3n) is 3.52. The van der Waals surface area contributed by atoms with E-state index in [2.05, 4.69) is 39.4 Å². The molecule has 1 N–H and O–H groups in total. The van der Waals surface area contributed by atoms with Gasteiger partial charge in [-0.15, -0.1) is 0 Å². The molecule has 2 atom stereocenters. The number of methoxy groups -OCH3 is 1. The van der Waals surface area contributed by atoms with Gasteiger partial charge >= 0.3 is 0 Å². The summed E-state index contributed by atoms with van der Waals surface area (Å²) < 4.78 is 6.73. The number of hydrogen-bond donors (Lipinski definition) is 1. The highest BCUT2D eigenvalue weighted by Gasteiger charge is 2.24. The van der Waals surface area contributed by atoms with Crippen molar-refractivity contribution in [3.05, 3.63) is 34.3 Å². The summed E-state index contributed by atoms with van der Waals surface area (Å²) in [5, 5.41) is 3.62. The molecule has 1 fully saturated rings. The molecule has 0 saturated heterocycles. The minimum Gasteiger partial charge on any atom is -0.380 e. The zero-order valence-electron chi connectivity index (χ0n) is 10.3. The first-order valence-corrected chi connectivity index (χ1v) is 7.10. The van der Waals surface area contributed by atoms with Crippen molar-refractivity contribution in [1.82, 2.24) is 5.32 Å². The van der Waals surface area contributed by atoms with Crippen LogP contribution >= 0.6 is 15.9 Å². The Morgan fingerprint density at radius 2 is 2.06 bits per heavy atom. The van der Waals surface area contributed by atoms with E-state index in [0.717, 1.165) is 6.54 Å². The van der Waals surface area contributed by atoms with Gasteiger partial charge < -0.3 is 10.1 Å². The van der Waals surface area contributed by atoms with Gasteiger partial charge in [0.15, 0.2) is 0 Å². The fourth-order valence-corrected chi connectivity index (χ4v) is 2.92. The molecular weight excluding hydrogens is 278 g/mol. The van der Waals surface area contributed by atoms with Crippen molar-refractivity contribution in [3.8, 4) is 0 Å². The highest BCUT2D eigenvalue weighted by molar-refractivity contribution is 9.10. The van der Waals surface area contributed by atoms with Crippen molar-refractivity contribution < 1.29 is 4.74 Å². The van der Waals surface area contributed by atoms with E-state index in [-0.39, 0.29) is 0 Å². The lowest BCUT2D eigenvalue weighted by Gasteiger charge is -2.31. The monoisotopic (exact) mass is 297 g/mol. The summed E-state index contributed by atoms with van der Waals surface area (Å²) >= 11 is 3.58. The minimum absolute atomic E-state index is 0.381. The van der Waals surface area contributed by atoms with Crippen LogP contribution in [0.15, 0.2) is 28.7 Å². The molecule has 3 heteroatoms. The molecule has 0 bridgehead atoms. The van der Waals surface area contributed by atoms with Crippen LogP contribution < -0.4 is 5.32 Å². The van der Waals surface area contributed by atoms with Crippen molar-refractivity contribution in [1.29, 1.82) is 0 Å². The minimum atomic E-state index is 0.381. The number of halogens is 1. The van der Waals surface area contributed by atoms with Gasteiger partial charge in [-0.1, -0.05) is 47.0 Å². The number of rotatable bonds is 4. The molecule has 2 unspecified atom stereocenters. The van der Waals surface area contributed by atoms with E-state index in [1.165, 1.54) is 35.7 Å². The first kappa shape index (κ1) is 13.1. The maximum Gasteiger partial charge on any atom is 0.0724 e. The second-order valence-corrected chi connectivity index (χ2v) is 5.49. The van der Waals surface area contributed by atoms with E-state index in [4.69, 9.17) is 4.74 Å². The number of hydrogen-bond acceptors (Lipinski definition) is 2. The molecule has 0 aliphatic heterocycles. The van der Waals surface area contributed by atoms with E-state index < -0.39 is 0 Å². The van der Waals surface area contributed by atoms with Crippen LogP contribution in [0.4, 0.5) is 0 Å². The molecular formula is C14H20BrNO. The van der Waals surface area contributed by atoms with Gasteiger partial charge in [-0.25, -0.2) is 0 Å². The highest BCUT2D eigenvalue weighted by atomic mass is 79.9. The van der Waals surface area contributed by atoms with E-state index in [9.17, 15) is 0 Å². The van der Waals surface area contributed by atoms with Crippen molar-refractivity contribution >= 4 is 15.9 Å². The van der Waals surface area contributed by atoms with E-state index in [0.29, 0.717) is 12.1 Å². The Balaban J connectivity index is 1.90. The van der Waals surface area contributed by atoms with Crippen LogP contribution in [0.5, 0.6) is 0 Å². The average molecular weight is 298 g/mol. The molecule has 17 heavy (non-hydrogen) atoms. The molecule has 0 amide bonds. The highest BCUT2D eigenvalue weighted by Crippen LogP contribution is 2.22. The first-order valence-electron chi connectivity index (χ1n) is 6.31. The average Bonchev–Trinajstić information content (AvgIpc) is 2.38. The van der Waals surface area contributed by atoms with Crippen LogP contribution in [-0.2, 0) is 11.3 Å². The van der Waals surface area contributed by atoms with Crippen molar-refractivity contribution in [2.24, 2.45) is 0 Å². The van der Waals surface area contributed by atoms with Crippen molar-refractivity contribution in [2.45, 2.75) is 44.4 Å². The van der Waals surface area contributed by atoms with Gasteiger partial charge in [-0.3, -0.25) is 0 Å². The summed E-state index contributed by atoms with van der Waals surface area (Å²) in [4.78, 5) is 0. The topological polar surface area (TPSA) is 21.3 Å². The van der Waals surface area contributed by atoms with E-state index in [1.807, 2.05) is 13.2 Å². The number of benzene rings is 1. The van der Waals surface area contributed by atoms with E-state index >= 15 is 0 Å². The van der Waals surface area contributed by atoms with Crippen molar-refractivity contribution in [2.75, 3.05) is 7.11 Å². The summed E-state index contributed by atoms with van der Waals surface area (Å²) in [6.45, 7) is 0.909. The Kier molecular flexibility index (Phi) is 5.01. The summed E-state index contributed by atoms with van der Waals surface area (Å²) in [6.07, 6.45) is 5.40. The lowest BCUT2D eigenvalue weighted by molar-refractivity contribution is 0.0413. The molecule has 1 aliphatic rings. The zero-order valence-corrected chi connectivity index (χ0v) is 11.9. The van der Waals surface area contributed by atoms with Gasteiger partial charge in [-0.05, 0) is 24.5 Å². The Labute approximate surface area is 112 Å². The Bertz CT molecular complexity index is 356. The Morgan fingerprint density at radius 1 is 1.29 bits per heavy atom. The van der Waals surface area contributed by atoms with Gasteiger partial charge in [0.2, 0.25) is 0 Å². The molecule has 0 heterocycles. The van der Waals surface area contributed by atoms with Gasteiger partial charge in [0.1, 0.15) is 0 Å². The summed E-state index contributed by atoms with van der Waals surface area (Å²) in [6, 6.07) is 8.87. The molecule has 0 radical (unpaired) electrons. The van der Waals surface area contributed by atoms with Gasteiger partial charge in [-0.2, -0.15) is 0 Å². The third kappa shape index (κ3) is 3.54. The fourth-order valence-electron chi connectivity index (χ4n) is 2.50. The molecule has 1 aromatic rings. The summed E-state index contributed by atoms with van der Waals surface area (Å²) in [7, 11) is 1.82. The lowest BCUT2D eigenvalue weighted by atomic mass is 9.92. The molecule has 1 saturated carbocycles. The van der Waals surface area contributed by atoms with Crippen LogP contribution in [0.1, 0.15) is 31.2 Å². The first-order chi connectivity index (χ1) is 8.31. The Morgan fingerprint density at radius 3 is 2.82 bits per heavy atom. The van der Waals surface area contributed by atoms with E-state index in [1.54, 1.807) is 0 Å². The number of nitrogens with one attached hydrogen (secondary N) is 1. The standard InChI is InChI=1S/C14H20BrNO/c1-17-14-9-5-4-8-13(14)16-10-11-6-2-3-7-12(11)15/h2-3,6-7,13-14,16H,4-5,8-10H2,1H3. The quantitative estimate of drug-likeness (QED) is 0.918. The maximum absolute atomic E-state index is 5.55. The molecule has 94 valence electrons. The third-order valence-corrected chi connectivity index (χ3v) is 4.29. The van der Waals surface area contributed by atoms with Crippen LogP contribution in [0.3, 0.4) is 0 Å². The second-order valence-electron chi connectivity index (χ2n) is 4.64. The van der Waals surface area contributed by atoms with Gasteiger partial charge in [0, 0.05) is 24.2 Å². The SMILES string of the molecule is COC1CCCCC1NCc1ccccc1Br. The molecule has 2 nitrogen and oxygen atoms in total. The van der Waals surface area contributed by atoms with Gasteiger partial charge in [0.25, 0.3) is 0 Å². The predicted molar refractivity (Wildman–Crippen MR) is 74.0 cm³/mol. The molecule has 1 aliphatic carbocycles. The summed E-state index contributed by atoms with van der Waals surface area (Å²) in [5.41, 5.74) is 1.31. The van der Waals surface area contributed by atoms with Crippen LogP contribution in [0.2, 0.25) is 0 Å². The smallest absolute Gasteiger partial charge is 0.0724 e. The van der Waals surface area contributed by atoms with Crippen LogP contribution in [0.25, 0.3) is 0 Å². The summed E-state index contributed by atoms with van der Waals surface area (Å²) in [5.74, 6) is 0. The second kappa shape index (κ2) is 6.53.